The van der Waals surface area contributed by atoms with Gasteiger partial charge in [0, 0.05) is 12.1 Å². The highest BCUT2D eigenvalue weighted by molar-refractivity contribution is 7.92. The zero-order valence-electron chi connectivity index (χ0n) is 22.1. The zero-order chi connectivity index (χ0) is 30.9. The van der Waals surface area contributed by atoms with Gasteiger partial charge in [-0.2, -0.15) is 0 Å². The van der Waals surface area contributed by atoms with Crippen molar-refractivity contribution in [1.82, 2.24) is 9.36 Å². The first-order valence-electron chi connectivity index (χ1n) is 12.0. The second-order valence-electron chi connectivity index (χ2n) is 8.96. The lowest BCUT2D eigenvalue weighted by Crippen LogP contribution is -2.30. The highest BCUT2D eigenvalue weighted by Crippen LogP contribution is 2.34. The maximum absolute atomic E-state index is 13.3. The van der Waals surface area contributed by atoms with Gasteiger partial charge in [0.25, 0.3) is 21.5 Å². The van der Waals surface area contributed by atoms with Crippen molar-refractivity contribution in [2.24, 2.45) is 7.05 Å². The Kier molecular flexibility index (Phi) is 9.29. The number of ether oxygens (including phenoxy) is 1. The van der Waals surface area contributed by atoms with Crippen LogP contribution >= 0.6 is 46.4 Å². The van der Waals surface area contributed by atoms with Crippen molar-refractivity contribution in [1.29, 1.82) is 0 Å². The number of benzene rings is 3. The van der Waals surface area contributed by atoms with E-state index in [1.807, 2.05) is 0 Å². The van der Waals surface area contributed by atoms with Crippen molar-refractivity contribution in [3.63, 3.8) is 0 Å². The summed E-state index contributed by atoms with van der Waals surface area (Å²) in [7, 11) is -2.76. The smallest absolute Gasteiger partial charge is 0.340 e. The largest absolute Gasteiger partial charge is 0.449 e. The van der Waals surface area contributed by atoms with Crippen LogP contribution < -0.4 is 15.6 Å². The normalized spacial score (nSPS) is 12.1. The molecule has 0 saturated carbocycles. The number of hydrogen-bond acceptors (Lipinski definition) is 6. The minimum atomic E-state index is -4.38. The van der Waals surface area contributed by atoms with Crippen LogP contribution in [-0.2, 0) is 26.6 Å². The fraction of sp³-hybridized carbons (Fsp3) is 0.148. The van der Waals surface area contributed by atoms with Gasteiger partial charge in [0.1, 0.15) is 5.69 Å². The van der Waals surface area contributed by atoms with Crippen molar-refractivity contribution in [3.8, 4) is 5.69 Å². The number of esters is 1. The molecule has 0 bridgehead atoms. The fourth-order valence-corrected chi connectivity index (χ4v) is 6.12. The van der Waals surface area contributed by atoms with E-state index in [1.54, 1.807) is 44.3 Å². The number of amides is 1. The third kappa shape index (κ3) is 6.45. The molecule has 1 amide bonds. The van der Waals surface area contributed by atoms with E-state index in [9.17, 15) is 22.8 Å². The molecule has 2 N–H and O–H groups in total. The lowest BCUT2D eigenvalue weighted by Gasteiger charge is -2.16. The number of hydrogen-bond donors (Lipinski definition) is 2. The number of para-hydroxylation sites is 1. The van der Waals surface area contributed by atoms with E-state index in [0.29, 0.717) is 11.4 Å². The highest BCUT2D eigenvalue weighted by atomic mass is 35.5. The Morgan fingerprint density at radius 3 is 2.14 bits per heavy atom. The molecular formula is C27H22Cl4N4O6S. The summed E-state index contributed by atoms with van der Waals surface area (Å²) in [6, 6.07) is 14.8. The molecule has 0 radical (unpaired) electrons. The molecule has 0 aliphatic heterocycles. The van der Waals surface area contributed by atoms with Crippen molar-refractivity contribution in [3.05, 3.63) is 102 Å². The number of sulfonamides is 1. The topological polar surface area (TPSA) is 128 Å². The fourth-order valence-electron chi connectivity index (χ4n) is 3.87. The average Bonchev–Trinajstić information content (AvgIpc) is 3.13. The van der Waals surface area contributed by atoms with Gasteiger partial charge in [-0.3, -0.25) is 19.0 Å². The molecule has 0 aliphatic carbocycles. The van der Waals surface area contributed by atoms with E-state index in [4.69, 9.17) is 51.1 Å². The first-order chi connectivity index (χ1) is 19.7. The molecule has 1 unspecified atom stereocenters. The second kappa shape index (κ2) is 12.4. The lowest BCUT2D eigenvalue weighted by molar-refractivity contribution is -0.123. The van der Waals surface area contributed by atoms with Crippen LogP contribution in [0, 0.1) is 6.92 Å². The van der Waals surface area contributed by atoms with Gasteiger partial charge in [0.2, 0.25) is 0 Å². The third-order valence-corrected chi connectivity index (χ3v) is 8.66. The van der Waals surface area contributed by atoms with Crippen molar-refractivity contribution in [2.75, 3.05) is 10.0 Å². The molecule has 4 aromatic rings. The van der Waals surface area contributed by atoms with E-state index in [-0.39, 0.29) is 41.9 Å². The molecule has 220 valence electrons. The molecular weight excluding hydrogens is 650 g/mol. The molecule has 4 rings (SSSR count). The first-order valence-corrected chi connectivity index (χ1v) is 15.0. The Bertz CT molecular complexity index is 1850. The van der Waals surface area contributed by atoms with Crippen LogP contribution in [0.1, 0.15) is 23.0 Å². The molecule has 10 nitrogen and oxygen atoms in total. The Labute approximate surface area is 260 Å². The molecule has 42 heavy (non-hydrogen) atoms. The molecule has 0 fully saturated rings. The van der Waals surface area contributed by atoms with E-state index in [2.05, 4.69) is 10.0 Å². The summed E-state index contributed by atoms with van der Waals surface area (Å²) in [5.74, 6) is -1.85. The maximum Gasteiger partial charge on any atom is 0.340 e. The molecule has 3 aromatic carbocycles. The predicted octanol–water partition coefficient (Wildman–Crippen LogP) is 6.08. The van der Waals surface area contributed by atoms with E-state index >= 15 is 0 Å². The molecule has 15 heteroatoms. The maximum atomic E-state index is 13.3. The summed E-state index contributed by atoms with van der Waals surface area (Å²) in [6.07, 6.45) is -1.36. The minimum Gasteiger partial charge on any atom is -0.449 e. The van der Waals surface area contributed by atoms with Gasteiger partial charge in [0.05, 0.1) is 42.6 Å². The molecule has 1 atom stereocenters. The van der Waals surface area contributed by atoms with Gasteiger partial charge < -0.3 is 10.1 Å². The number of aromatic nitrogens is 2. The van der Waals surface area contributed by atoms with Crippen LogP contribution in [0.25, 0.3) is 5.69 Å². The molecule has 0 saturated heterocycles. The minimum absolute atomic E-state index is 0.0652. The van der Waals surface area contributed by atoms with Gasteiger partial charge in [-0.25, -0.2) is 17.9 Å². The number of halogens is 4. The Balaban J connectivity index is 1.56. The summed E-state index contributed by atoms with van der Waals surface area (Å²) in [5.41, 5.74) is -0.150. The standard InChI is InChI=1S/C27H22Cl4N4O6S/c1-14-23(26(37)35(34(14)3)17-7-5-4-6-8-17)33-42(39,40)18-9-10-20(29)19(13-18)27(38)41-15(2)25(36)32-24-21(30)11-16(28)12-22(24)31/h4-13,15,33H,1-3H3,(H,32,36). The van der Waals surface area contributed by atoms with Gasteiger partial charge in [0.15, 0.2) is 6.10 Å². The third-order valence-electron chi connectivity index (χ3n) is 6.17. The van der Waals surface area contributed by atoms with E-state index in [0.717, 1.165) is 12.1 Å². The number of rotatable bonds is 8. The summed E-state index contributed by atoms with van der Waals surface area (Å²) < 4.78 is 37.0. The van der Waals surface area contributed by atoms with Gasteiger partial charge in [-0.1, -0.05) is 64.6 Å². The summed E-state index contributed by atoms with van der Waals surface area (Å²) in [6.45, 7) is 2.87. The second-order valence-corrected chi connectivity index (χ2v) is 12.3. The van der Waals surface area contributed by atoms with Crippen LogP contribution in [0.5, 0.6) is 0 Å². The number of nitrogens with one attached hydrogen (secondary N) is 2. The number of carbonyl (C=O) groups is 2. The number of anilines is 2. The zero-order valence-corrected chi connectivity index (χ0v) is 26.0. The molecule has 1 aromatic heterocycles. The predicted molar refractivity (Wildman–Crippen MR) is 163 cm³/mol. The van der Waals surface area contributed by atoms with Crippen molar-refractivity contribution < 1.29 is 22.7 Å². The van der Waals surface area contributed by atoms with Gasteiger partial charge >= 0.3 is 5.97 Å². The molecule has 0 spiro atoms. The SMILES string of the molecule is Cc1c(NS(=O)(=O)c2ccc(Cl)c(C(=O)OC(C)C(=O)Nc3c(Cl)cc(Cl)cc3Cl)c2)c(=O)n(-c2ccccc2)n1C. The first kappa shape index (κ1) is 31.5. The van der Waals surface area contributed by atoms with Gasteiger partial charge in [-0.05, 0) is 56.3 Å². The van der Waals surface area contributed by atoms with E-state index in [1.165, 1.54) is 34.5 Å². The summed E-state index contributed by atoms with van der Waals surface area (Å²) >= 11 is 24.2. The quantitative estimate of drug-likeness (QED) is 0.219. The monoisotopic (exact) mass is 670 g/mol. The summed E-state index contributed by atoms with van der Waals surface area (Å²) in [5, 5.41) is 2.72. The molecule has 0 aliphatic rings. The van der Waals surface area contributed by atoms with Crippen molar-refractivity contribution >= 4 is 79.7 Å². The lowest BCUT2D eigenvalue weighted by atomic mass is 10.2. The van der Waals surface area contributed by atoms with Crippen molar-refractivity contribution in [2.45, 2.75) is 24.8 Å². The Hall–Kier alpha value is -3.48. The van der Waals surface area contributed by atoms with E-state index < -0.39 is 33.6 Å². The number of nitrogens with zero attached hydrogens (tertiary/aromatic N) is 2. The van der Waals surface area contributed by atoms with Crippen LogP contribution in [0.2, 0.25) is 20.1 Å². The Morgan fingerprint density at radius 1 is 0.905 bits per heavy atom. The van der Waals surface area contributed by atoms with Gasteiger partial charge in [-0.15, -0.1) is 0 Å². The Morgan fingerprint density at radius 2 is 1.52 bits per heavy atom. The van der Waals surface area contributed by atoms with Crippen LogP contribution in [0.3, 0.4) is 0 Å². The number of carbonyl (C=O) groups excluding carboxylic acids is 2. The summed E-state index contributed by atoms with van der Waals surface area (Å²) in [4.78, 5) is 38.4. The van der Waals surface area contributed by atoms with Crippen LogP contribution in [-0.4, -0.2) is 35.8 Å². The average molecular weight is 672 g/mol. The van der Waals surface area contributed by atoms with Crippen LogP contribution in [0.4, 0.5) is 11.4 Å². The molecule has 1 heterocycles. The highest BCUT2D eigenvalue weighted by Gasteiger charge is 2.26. The van der Waals surface area contributed by atoms with Crippen LogP contribution in [0.15, 0.2) is 70.4 Å².